The van der Waals surface area contributed by atoms with E-state index < -0.39 is 58.0 Å². The summed E-state index contributed by atoms with van der Waals surface area (Å²) in [4.78, 5) is 46.8. The molecule has 0 aliphatic heterocycles. The normalized spacial score (nSPS) is 25.6. The summed E-state index contributed by atoms with van der Waals surface area (Å²) < 4.78 is 0. The standard InChI is InChI=1S/C29H33N5O7/c1-33(2)18-10-14(11-32-15-6-5-7-31-12-15)23(35)20-16(18)8-13-9-17-22(34(3)4)25(37)21(28(30)40)27(39)29(17,41)26(38)19(13)24(20)36/h5-7,10,12-13,17,22,32,35-36,39,41H,8-9,11H2,1-4H3,(H2,30,40)/t13-,17-,22?,29-/m1/s1. The number of likely N-dealkylation sites (N-methyl/N-ethyl adjacent to an activating group) is 1. The topological polar surface area (TPSA) is 190 Å². The van der Waals surface area contributed by atoms with Crippen LogP contribution in [0.4, 0.5) is 11.4 Å². The highest BCUT2D eigenvalue weighted by molar-refractivity contribution is 6.24. The van der Waals surface area contributed by atoms with Crippen molar-refractivity contribution in [3.05, 3.63) is 64.2 Å². The van der Waals surface area contributed by atoms with E-state index >= 15 is 0 Å². The van der Waals surface area contributed by atoms with Crippen LogP contribution in [0.5, 0.6) is 5.75 Å². The third-order valence-electron chi connectivity index (χ3n) is 8.40. The van der Waals surface area contributed by atoms with Crippen LogP contribution in [-0.2, 0) is 27.3 Å². The molecule has 1 aromatic carbocycles. The molecule has 5 rings (SSSR count). The lowest BCUT2D eigenvalue weighted by atomic mass is 9.57. The molecule has 1 amide bonds. The maximum atomic E-state index is 14.1. The van der Waals surface area contributed by atoms with E-state index in [1.165, 1.54) is 4.90 Å². The third kappa shape index (κ3) is 4.13. The van der Waals surface area contributed by atoms with E-state index in [1.807, 2.05) is 25.1 Å². The number of pyridine rings is 1. The highest BCUT2D eigenvalue weighted by atomic mass is 16.3. The van der Waals surface area contributed by atoms with Gasteiger partial charge in [0, 0.05) is 55.8 Å². The summed E-state index contributed by atoms with van der Waals surface area (Å²) in [5.74, 6) is -6.74. The van der Waals surface area contributed by atoms with E-state index in [4.69, 9.17) is 5.73 Å². The monoisotopic (exact) mass is 563 g/mol. The predicted molar refractivity (Wildman–Crippen MR) is 150 cm³/mol. The van der Waals surface area contributed by atoms with Crippen LogP contribution < -0.4 is 16.0 Å². The molecule has 0 bridgehead atoms. The number of aromatic nitrogens is 1. The Labute approximate surface area is 236 Å². The Morgan fingerprint density at radius 2 is 1.90 bits per heavy atom. The SMILES string of the molecule is CN(C)c1cc(CNc2cccnc2)c(O)c2c1C[C@@H]1C[C@@H]3C(N(C)C)C(=O)C(C(N)=O)=C(O)[C@]3(O)C(=O)C1=C2O. The fourth-order valence-corrected chi connectivity index (χ4v) is 6.54. The fourth-order valence-electron chi connectivity index (χ4n) is 6.54. The van der Waals surface area contributed by atoms with Gasteiger partial charge >= 0.3 is 0 Å². The van der Waals surface area contributed by atoms with Gasteiger partial charge in [0.2, 0.25) is 5.78 Å². The molecular formula is C29H33N5O7. The van der Waals surface area contributed by atoms with Crippen molar-refractivity contribution in [1.29, 1.82) is 0 Å². The minimum absolute atomic E-state index is 0.0315. The first-order chi connectivity index (χ1) is 19.3. The van der Waals surface area contributed by atoms with Crippen LogP contribution in [0, 0.1) is 11.8 Å². The van der Waals surface area contributed by atoms with Crippen LogP contribution in [0.15, 0.2) is 47.5 Å². The molecule has 0 saturated heterocycles. The number of primary amides is 1. The lowest BCUT2D eigenvalue weighted by molar-refractivity contribution is -0.153. The summed E-state index contributed by atoms with van der Waals surface area (Å²) >= 11 is 0. The number of aliphatic hydroxyl groups excluding tert-OH is 2. The van der Waals surface area contributed by atoms with Crippen molar-refractivity contribution >= 4 is 34.6 Å². The van der Waals surface area contributed by atoms with Crippen molar-refractivity contribution in [2.45, 2.75) is 31.0 Å². The number of Topliss-reactive ketones (excluding diaryl/α,β-unsaturated/α-hetero) is 2. The van der Waals surface area contributed by atoms with Gasteiger partial charge in [-0.15, -0.1) is 0 Å². The first-order valence-corrected chi connectivity index (χ1v) is 13.1. The number of phenols is 1. The lowest BCUT2D eigenvalue weighted by Gasteiger charge is -2.50. The number of nitrogens with one attached hydrogen (secondary N) is 1. The smallest absolute Gasteiger partial charge is 0.255 e. The molecule has 7 N–H and O–H groups in total. The average Bonchev–Trinajstić information content (AvgIpc) is 2.90. The molecule has 3 aliphatic rings. The third-order valence-corrected chi connectivity index (χ3v) is 8.40. The molecule has 2 aromatic rings. The number of carbonyl (C=O) groups excluding carboxylic acids is 3. The maximum absolute atomic E-state index is 14.1. The van der Waals surface area contributed by atoms with Gasteiger partial charge in [0.15, 0.2) is 11.4 Å². The molecule has 3 aliphatic carbocycles. The summed E-state index contributed by atoms with van der Waals surface area (Å²) in [5, 5.41) is 48.9. The highest BCUT2D eigenvalue weighted by Crippen LogP contribution is 2.54. The Kier molecular flexibility index (Phi) is 6.79. The van der Waals surface area contributed by atoms with Crippen LogP contribution in [0.1, 0.15) is 23.1 Å². The second-order valence-electron chi connectivity index (χ2n) is 11.2. The average molecular weight is 564 g/mol. The van der Waals surface area contributed by atoms with E-state index in [0.29, 0.717) is 22.5 Å². The zero-order valence-corrected chi connectivity index (χ0v) is 23.2. The van der Waals surface area contributed by atoms with E-state index in [1.54, 1.807) is 38.6 Å². The minimum atomic E-state index is -2.68. The van der Waals surface area contributed by atoms with Gasteiger partial charge in [-0.3, -0.25) is 24.3 Å². The van der Waals surface area contributed by atoms with Crippen LogP contribution >= 0.6 is 0 Å². The molecule has 12 nitrogen and oxygen atoms in total. The first-order valence-electron chi connectivity index (χ1n) is 13.1. The second kappa shape index (κ2) is 9.89. The summed E-state index contributed by atoms with van der Waals surface area (Å²) in [7, 11) is 6.78. The number of fused-ring (bicyclic) bond motifs is 3. The van der Waals surface area contributed by atoms with Crippen LogP contribution in [0.2, 0.25) is 0 Å². The number of hydrogen-bond acceptors (Lipinski definition) is 11. The Bertz CT molecular complexity index is 1530. The molecule has 4 atom stereocenters. The van der Waals surface area contributed by atoms with Crippen LogP contribution in [0.3, 0.4) is 0 Å². The largest absolute Gasteiger partial charge is 0.508 e. The zero-order valence-electron chi connectivity index (χ0n) is 23.2. The molecule has 1 unspecified atom stereocenters. The van der Waals surface area contributed by atoms with Crippen molar-refractivity contribution in [3.63, 3.8) is 0 Å². The minimum Gasteiger partial charge on any atom is -0.508 e. The number of amides is 1. The van der Waals surface area contributed by atoms with E-state index in [0.717, 1.165) is 0 Å². The number of nitrogens with zero attached hydrogens (tertiary/aromatic N) is 3. The molecule has 1 fully saturated rings. The quantitative estimate of drug-likeness (QED) is 0.275. The lowest BCUT2D eigenvalue weighted by Crippen LogP contribution is -2.65. The Balaban J connectivity index is 1.68. The van der Waals surface area contributed by atoms with Gasteiger partial charge in [-0.2, -0.15) is 0 Å². The molecule has 0 radical (unpaired) electrons. The first kappa shape index (κ1) is 28.1. The number of phenolic OH excluding ortho intramolecular Hbond substituents is 1. The number of aromatic hydroxyl groups is 1. The number of nitrogens with two attached hydrogens (primary N) is 1. The van der Waals surface area contributed by atoms with Crippen molar-refractivity contribution in [2.75, 3.05) is 38.4 Å². The van der Waals surface area contributed by atoms with Gasteiger partial charge in [-0.25, -0.2) is 0 Å². The molecular weight excluding hydrogens is 530 g/mol. The summed E-state index contributed by atoms with van der Waals surface area (Å²) in [6.45, 7) is 0.176. The van der Waals surface area contributed by atoms with E-state index in [-0.39, 0.29) is 36.3 Å². The summed E-state index contributed by atoms with van der Waals surface area (Å²) in [6, 6.07) is 4.25. The number of benzene rings is 1. The summed E-state index contributed by atoms with van der Waals surface area (Å²) in [5.41, 5.74) is 4.20. The van der Waals surface area contributed by atoms with E-state index in [9.17, 15) is 34.8 Å². The number of carbonyl (C=O) groups is 3. The summed E-state index contributed by atoms with van der Waals surface area (Å²) in [6.07, 6.45) is 3.50. The van der Waals surface area contributed by atoms with E-state index in [2.05, 4.69) is 10.3 Å². The Hall–Kier alpha value is -4.42. The van der Waals surface area contributed by atoms with Gasteiger partial charge < -0.3 is 36.4 Å². The maximum Gasteiger partial charge on any atom is 0.255 e. The zero-order chi connectivity index (χ0) is 30.0. The molecule has 12 heteroatoms. The number of hydrogen-bond donors (Lipinski definition) is 6. The molecule has 1 heterocycles. The molecule has 1 aromatic heterocycles. The Morgan fingerprint density at radius 1 is 1.20 bits per heavy atom. The molecule has 216 valence electrons. The van der Waals surface area contributed by atoms with Gasteiger partial charge in [0.1, 0.15) is 22.8 Å². The number of anilines is 2. The van der Waals surface area contributed by atoms with Gasteiger partial charge in [-0.1, -0.05) is 0 Å². The van der Waals surface area contributed by atoms with Gasteiger partial charge in [0.05, 0.1) is 17.3 Å². The Morgan fingerprint density at radius 3 is 2.49 bits per heavy atom. The second-order valence-corrected chi connectivity index (χ2v) is 11.2. The number of ketones is 2. The molecule has 41 heavy (non-hydrogen) atoms. The van der Waals surface area contributed by atoms with Crippen molar-refractivity contribution in [1.82, 2.24) is 9.88 Å². The molecule has 1 saturated carbocycles. The highest BCUT2D eigenvalue weighted by Gasteiger charge is 2.64. The number of rotatable bonds is 6. The molecule has 0 spiro atoms. The van der Waals surface area contributed by atoms with Crippen molar-refractivity contribution < 1.29 is 34.8 Å². The fraction of sp³-hybridized carbons (Fsp3) is 0.379. The number of aliphatic hydroxyl groups is 3. The van der Waals surface area contributed by atoms with Crippen LogP contribution in [0.25, 0.3) is 5.76 Å². The van der Waals surface area contributed by atoms with Gasteiger partial charge in [-0.05, 0) is 56.6 Å². The van der Waals surface area contributed by atoms with Gasteiger partial charge in [0.25, 0.3) is 5.91 Å². The van der Waals surface area contributed by atoms with Crippen molar-refractivity contribution in [3.8, 4) is 5.75 Å². The predicted octanol–water partition coefficient (Wildman–Crippen LogP) is 1.04. The van der Waals surface area contributed by atoms with Crippen molar-refractivity contribution in [2.24, 2.45) is 17.6 Å². The van der Waals surface area contributed by atoms with Crippen LogP contribution in [-0.4, -0.2) is 87.6 Å².